The predicted molar refractivity (Wildman–Crippen MR) is 96.5 cm³/mol. The third kappa shape index (κ3) is 4.29. The molecule has 1 unspecified atom stereocenters. The Bertz CT molecular complexity index is 799. The van der Waals surface area contributed by atoms with Crippen molar-refractivity contribution in [3.63, 3.8) is 0 Å². The van der Waals surface area contributed by atoms with Gasteiger partial charge in [0, 0.05) is 37.0 Å². The molecule has 0 saturated carbocycles. The molecule has 1 aliphatic heterocycles. The van der Waals surface area contributed by atoms with Crippen molar-refractivity contribution in [1.29, 1.82) is 0 Å². The number of hydrogen-bond donors (Lipinski definition) is 1. The number of anilines is 1. The fourth-order valence-corrected chi connectivity index (χ4v) is 2.63. The highest BCUT2D eigenvalue weighted by molar-refractivity contribution is 5.94. The van der Waals surface area contributed by atoms with E-state index in [9.17, 15) is 9.90 Å². The van der Waals surface area contributed by atoms with Crippen LogP contribution in [0.1, 0.15) is 12.5 Å². The van der Waals surface area contributed by atoms with Crippen LogP contribution >= 0.6 is 0 Å². The van der Waals surface area contributed by atoms with Crippen molar-refractivity contribution in [3.05, 3.63) is 48.3 Å². The van der Waals surface area contributed by atoms with Gasteiger partial charge >= 0.3 is 0 Å². The summed E-state index contributed by atoms with van der Waals surface area (Å²) in [7, 11) is 0. The molecule has 0 spiro atoms. The summed E-state index contributed by atoms with van der Waals surface area (Å²) < 4.78 is 5.37. The minimum Gasteiger partial charge on any atom is -0.494 e. The first kappa shape index (κ1) is 17.7. The molecule has 26 heavy (non-hydrogen) atoms. The first-order chi connectivity index (χ1) is 12.7. The maximum Gasteiger partial charge on any atom is 0.299 e. The number of benzene rings is 1. The Balaban J connectivity index is 1.60. The molecule has 7 nitrogen and oxygen atoms in total. The molecular formula is C19H20N4O3. The summed E-state index contributed by atoms with van der Waals surface area (Å²) in [6.07, 6.45) is 2.38. The van der Waals surface area contributed by atoms with E-state index in [0.717, 1.165) is 11.3 Å². The standard InChI is InChI=1S/C19H20N4O3/c1-2-26-16-7-4-15(5-8-16)6-9-17(24)22-12-13-23(18(25)14-22)19-20-10-3-11-21-19/h3-5,7-8,10-11,18,25H,2,12-14H2,1H3. The molecule has 0 aliphatic carbocycles. The Kier molecular flexibility index (Phi) is 5.66. The first-order valence-corrected chi connectivity index (χ1v) is 8.43. The molecule has 2 heterocycles. The summed E-state index contributed by atoms with van der Waals surface area (Å²) in [6, 6.07) is 8.97. The normalized spacial score (nSPS) is 16.6. The molecule has 7 heteroatoms. The van der Waals surface area contributed by atoms with Crippen LogP contribution in [0, 0.1) is 11.8 Å². The number of rotatable bonds is 3. The SMILES string of the molecule is CCOc1ccc(C#CC(=O)N2CCN(c3ncccn3)C(O)C2)cc1. The average molecular weight is 352 g/mol. The monoisotopic (exact) mass is 352 g/mol. The highest BCUT2D eigenvalue weighted by atomic mass is 16.5. The van der Waals surface area contributed by atoms with Crippen LogP contribution < -0.4 is 9.64 Å². The van der Waals surface area contributed by atoms with E-state index in [1.807, 2.05) is 31.2 Å². The number of nitrogens with zero attached hydrogens (tertiary/aromatic N) is 4. The number of carbonyl (C=O) groups is 1. The number of amides is 1. The van der Waals surface area contributed by atoms with E-state index in [1.54, 1.807) is 23.4 Å². The molecule has 1 atom stereocenters. The van der Waals surface area contributed by atoms with Gasteiger partial charge in [0.2, 0.25) is 5.95 Å². The van der Waals surface area contributed by atoms with E-state index in [1.165, 1.54) is 4.90 Å². The minimum absolute atomic E-state index is 0.162. The Morgan fingerprint density at radius 3 is 2.65 bits per heavy atom. The van der Waals surface area contributed by atoms with Crippen LogP contribution in [-0.4, -0.2) is 58.4 Å². The third-order valence-electron chi connectivity index (χ3n) is 3.93. The zero-order chi connectivity index (χ0) is 18.4. The molecule has 1 amide bonds. The average Bonchev–Trinajstić information content (AvgIpc) is 2.68. The molecule has 3 rings (SSSR count). The van der Waals surface area contributed by atoms with Gasteiger partial charge in [-0.15, -0.1) is 0 Å². The molecule has 1 fully saturated rings. The smallest absolute Gasteiger partial charge is 0.299 e. The summed E-state index contributed by atoms with van der Waals surface area (Å²) in [5.41, 5.74) is 0.735. The molecule has 1 aromatic carbocycles. The van der Waals surface area contributed by atoms with Gasteiger partial charge in [-0.25, -0.2) is 9.97 Å². The quantitative estimate of drug-likeness (QED) is 0.827. The van der Waals surface area contributed by atoms with Crippen LogP contribution in [0.25, 0.3) is 0 Å². The van der Waals surface area contributed by atoms with E-state index in [-0.39, 0.29) is 12.5 Å². The highest BCUT2D eigenvalue weighted by Gasteiger charge is 2.28. The van der Waals surface area contributed by atoms with E-state index in [2.05, 4.69) is 21.8 Å². The van der Waals surface area contributed by atoms with Gasteiger partial charge in [-0.3, -0.25) is 4.79 Å². The van der Waals surface area contributed by atoms with Crippen molar-refractivity contribution in [1.82, 2.24) is 14.9 Å². The molecule has 1 aliphatic rings. The van der Waals surface area contributed by atoms with Gasteiger partial charge in [-0.05, 0) is 37.3 Å². The van der Waals surface area contributed by atoms with Gasteiger partial charge in [-0.1, -0.05) is 5.92 Å². The van der Waals surface area contributed by atoms with Crippen LogP contribution in [-0.2, 0) is 4.79 Å². The minimum atomic E-state index is -0.859. The van der Waals surface area contributed by atoms with Crippen molar-refractivity contribution in [2.75, 3.05) is 31.1 Å². The van der Waals surface area contributed by atoms with Crippen LogP contribution in [0.15, 0.2) is 42.7 Å². The summed E-state index contributed by atoms with van der Waals surface area (Å²) in [4.78, 5) is 23.8. The van der Waals surface area contributed by atoms with Gasteiger partial charge in [0.05, 0.1) is 13.2 Å². The van der Waals surface area contributed by atoms with Crippen LogP contribution in [0.2, 0.25) is 0 Å². The summed E-state index contributed by atoms with van der Waals surface area (Å²) >= 11 is 0. The number of aromatic nitrogens is 2. The van der Waals surface area contributed by atoms with E-state index < -0.39 is 6.23 Å². The zero-order valence-corrected chi connectivity index (χ0v) is 14.5. The molecular weight excluding hydrogens is 332 g/mol. The van der Waals surface area contributed by atoms with E-state index >= 15 is 0 Å². The lowest BCUT2D eigenvalue weighted by Gasteiger charge is -2.37. The van der Waals surface area contributed by atoms with E-state index in [4.69, 9.17) is 4.74 Å². The summed E-state index contributed by atoms with van der Waals surface area (Å²) in [5, 5.41) is 10.3. The Morgan fingerprint density at radius 2 is 2.00 bits per heavy atom. The fraction of sp³-hybridized carbons (Fsp3) is 0.316. The van der Waals surface area contributed by atoms with Gasteiger partial charge in [0.15, 0.2) is 0 Å². The van der Waals surface area contributed by atoms with Gasteiger partial charge in [0.1, 0.15) is 12.0 Å². The molecule has 0 radical (unpaired) electrons. The van der Waals surface area contributed by atoms with Crippen molar-refractivity contribution >= 4 is 11.9 Å². The molecule has 0 bridgehead atoms. The molecule has 2 aromatic rings. The van der Waals surface area contributed by atoms with Crippen LogP contribution in [0.5, 0.6) is 5.75 Å². The second kappa shape index (κ2) is 8.32. The Morgan fingerprint density at radius 1 is 1.27 bits per heavy atom. The number of β-amino-alcohol motifs (C(OH)–C–C–N with tert-alkyl or cyclic N) is 1. The van der Waals surface area contributed by atoms with Crippen LogP contribution in [0.3, 0.4) is 0 Å². The maximum absolute atomic E-state index is 12.3. The zero-order valence-electron chi connectivity index (χ0n) is 14.5. The van der Waals surface area contributed by atoms with Crippen LogP contribution in [0.4, 0.5) is 5.95 Å². The first-order valence-electron chi connectivity index (χ1n) is 8.43. The maximum atomic E-state index is 12.3. The van der Waals surface area contributed by atoms with Crippen molar-refractivity contribution in [2.45, 2.75) is 13.2 Å². The van der Waals surface area contributed by atoms with Gasteiger partial charge in [0.25, 0.3) is 5.91 Å². The second-order valence-electron chi connectivity index (χ2n) is 5.68. The number of aliphatic hydroxyl groups excluding tert-OH is 1. The van der Waals surface area contributed by atoms with Crippen molar-refractivity contribution in [3.8, 4) is 17.6 Å². The number of piperazine rings is 1. The summed E-state index contributed by atoms with van der Waals surface area (Å²) in [5.74, 6) is 6.39. The predicted octanol–water partition coefficient (Wildman–Crippen LogP) is 0.894. The Hall–Kier alpha value is -3.11. The number of ether oxygens (including phenoxy) is 1. The fourth-order valence-electron chi connectivity index (χ4n) is 2.63. The number of carbonyl (C=O) groups excluding carboxylic acids is 1. The Labute approximate surface area is 152 Å². The lowest BCUT2D eigenvalue weighted by atomic mass is 10.2. The lowest BCUT2D eigenvalue weighted by molar-refractivity contribution is -0.127. The third-order valence-corrected chi connectivity index (χ3v) is 3.93. The molecule has 1 N–H and O–H groups in total. The van der Waals surface area contributed by atoms with Crippen molar-refractivity contribution in [2.24, 2.45) is 0 Å². The van der Waals surface area contributed by atoms with Gasteiger partial charge in [-0.2, -0.15) is 0 Å². The topological polar surface area (TPSA) is 78.8 Å². The molecule has 1 aromatic heterocycles. The molecule has 134 valence electrons. The number of aliphatic hydroxyl groups is 1. The van der Waals surface area contributed by atoms with Crippen molar-refractivity contribution < 1.29 is 14.6 Å². The highest BCUT2D eigenvalue weighted by Crippen LogP contribution is 2.14. The van der Waals surface area contributed by atoms with E-state index in [0.29, 0.717) is 25.6 Å². The second-order valence-corrected chi connectivity index (χ2v) is 5.68. The lowest BCUT2D eigenvalue weighted by Crippen LogP contribution is -2.55. The number of hydrogen-bond acceptors (Lipinski definition) is 6. The molecule has 1 saturated heterocycles. The summed E-state index contributed by atoms with van der Waals surface area (Å²) in [6.45, 7) is 3.58. The van der Waals surface area contributed by atoms with Gasteiger partial charge < -0.3 is 19.6 Å². The largest absolute Gasteiger partial charge is 0.494 e.